The average Bonchev–Trinajstić information content (AvgIpc) is 4.17. The first-order valence-corrected chi connectivity index (χ1v) is 22.8. The molecule has 4 amide bonds. The van der Waals surface area contributed by atoms with E-state index in [9.17, 15) is 32.0 Å². The molecule has 2 N–H and O–H groups in total. The average molecular weight is 865 g/mol. The van der Waals surface area contributed by atoms with Crippen LogP contribution in [0.2, 0.25) is 5.02 Å². The van der Waals surface area contributed by atoms with Crippen LogP contribution in [-0.4, -0.2) is 108 Å². The second-order valence-corrected chi connectivity index (χ2v) is 19.0. The number of nitrogens with one attached hydrogen (secondary N) is 2. The molecule has 60 heavy (non-hydrogen) atoms. The lowest BCUT2D eigenvalue weighted by Crippen LogP contribution is -2.57. The van der Waals surface area contributed by atoms with E-state index in [0.717, 1.165) is 12.8 Å². The number of methoxy groups -OCH3 is 1. The molecule has 17 heteroatoms. The molecular formula is C43H50ClFN6O8S. The number of piperidine rings is 1. The lowest BCUT2D eigenvalue weighted by molar-refractivity contribution is -0.146. The number of hydrogen-bond donors (Lipinski definition) is 2. The molecule has 1 unspecified atom stereocenters. The fourth-order valence-corrected chi connectivity index (χ4v) is 10.4. The maximum atomic E-state index is 14.9. The molecule has 4 fully saturated rings. The summed E-state index contributed by atoms with van der Waals surface area (Å²) < 4.78 is 54.7. The minimum atomic E-state index is -3.93. The SMILES string of the molecule is COc1ccc2c(O[C@@H]3C[C@H]4C(=O)N[C@]5(C(=O)NS(=O)(=O)C6CC6)C[C@H]5C=CCCCCC[C@H](CC(=O)N5CCCC(F)C5)C(=O)N4C3)cc(-c3ccccn3)nc2c1Cl. The van der Waals surface area contributed by atoms with Crippen molar-refractivity contribution in [2.45, 2.75) is 106 Å². The molecule has 5 heterocycles. The molecule has 2 saturated heterocycles. The number of alkyl halides is 1. The Bertz CT molecular complexity index is 2300. The Kier molecular flexibility index (Phi) is 12.1. The predicted molar refractivity (Wildman–Crippen MR) is 221 cm³/mol. The Hall–Kier alpha value is -4.83. The lowest BCUT2D eigenvalue weighted by Gasteiger charge is -2.32. The van der Waals surface area contributed by atoms with Crippen LogP contribution in [0, 0.1) is 11.8 Å². The van der Waals surface area contributed by atoms with Gasteiger partial charge < -0.3 is 24.6 Å². The van der Waals surface area contributed by atoms with E-state index in [0.29, 0.717) is 85.3 Å². The number of nitrogens with zero attached hydrogens (tertiary/aromatic N) is 4. The van der Waals surface area contributed by atoms with Gasteiger partial charge in [-0.15, -0.1) is 0 Å². The van der Waals surface area contributed by atoms with Gasteiger partial charge in [-0.25, -0.2) is 17.8 Å². The zero-order valence-electron chi connectivity index (χ0n) is 33.5. The Morgan fingerprint density at radius 3 is 2.62 bits per heavy atom. The number of pyridine rings is 2. The standard InChI is InChI=1S/C43H50ClFN6O8S/c1-58-35-17-16-31-36(22-33(47-39(31)38(35)44)32-13-7-8-18-46-32)59-29-21-34-40(53)48-43(42(55)49-60(56,57)30-14-15-30)23-27(43)11-6-4-2-3-5-10-26(41(54)51(34)25-29)20-37(52)50-19-9-12-28(45)24-50/h6-8,11,13,16-18,22,26-30,34H,2-5,9-10,12,14-15,19-21,23-25H2,1H3,(H,48,53)(H,49,55)/t26-,27-,28?,29-,34+,43-/m1/s1. The van der Waals surface area contributed by atoms with Gasteiger partial charge >= 0.3 is 0 Å². The predicted octanol–water partition coefficient (Wildman–Crippen LogP) is 5.28. The first-order chi connectivity index (χ1) is 28.9. The Labute approximate surface area is 353 Å². The number of halogens is 2. The Morgan fingerprint density at radius 1 is 1.03 bits per heavy atom. The quantitative estimate of drug-likeness (QED) is 0.269. The zero-order valence-corrected chi connectivity index (χ0v) is 35.1. The maximum Gasteiger partial charge on any atom is 0.259 e. The van der Waals surface area contributed by atoms with Crippen LogP contribution in [0.4, 0.5) is 4.39 Å². The molecule has 0 radical (unpaired) electrons. The molecule has 3 aromatic rings. The third-order valence-corrected chi connectivity index (χ3v) is 14.6. The number of benzene rings is 1. The van der Waals surface area contributed by atoms with Crippen molar-refractivity contribution in [2.24, 2.45) is 11.8 Å². The van der Waals surface area contributed by atoms with E-state index in [2.05, 4.69) is 15.0 Å². The second-order valence-electron chi connectivity index (χ2n) is 16.7. The Balaban J connectivity index is 1.13. The molecule has 2 aromatic heterocycles. The summed E-state index contributed by atoms with van der Waals surface area (Å²) in [7, 11) is -2.43. The first-order valence-electron chi connectivity index (χ1n) is 20.9. The van der Waals surface area contributed by atoms with E-state index in [1.165, 1.54) is 16.9 Å². The van der Waals surface area contributed by atoms with Crippen LogP contribution in [0.25, 0.3) is 22.3 Å². The fraction of sp³-hybridized carbons (Fsp3) is 0.535. The van der Waals surface area contributed by atoms with Gasteiger partial charge in [-0.3, -0.25) is 28.9 Å². The topological polar surface area (TPSA) is 177 Å². The number of carbonyl (C=O) groups excluding carboxylic acids is 4. The van der Waals surface area contributed by atoms with Crippen molar-refractivity contribution in [2.75, 3.05) is 26.7 Å². The molecule has 320 valence electrons. The highest BCUT2D eigenvalue weighted by molar-refractivity contribution is 7.91. The summed E-state index contributed by atoms with van der Waals surface area (Å²) in [6.07, 6.45) is 8.72. The van der Waals surface area contributed by atoms with Crippen molar-refractivity contribution >= 4 is 56.2 Å². The van der Waals surface area contributed by atoms with E-state index >= 15 is 0 Å². The first kappa shape index (κ1) is 41.9. The number of sulfonamides is 1. The van der Waals surface area contributed by atoms with Gasteiger partial charge in [0.25, 0.3) is 5.91 Å². The van der Waals surface area contributed by atoms with Gasteiger partial charge in [0.15, 0.2) is 0 Å². The van der Waals surface area contributed by atoms with E-state index in [1.54, 1.807) is 36.5 Å². The fourth-order valence-electron chi connectivity index (χ4n) is 8.76. The largest absolute Gasteiger partial charge is 0.495 e. The zero-order chi connectivity index (χ0) is 42.2. The number of fused-ring (bicyclic) bond motifs is 3. The summed E-state index contributed by atoms with van der Waals surface area (Å²) in [4.78, 5) is 69.2. The summed E-state index contributed by atoms with van der Waals surface area (Å²) >= 11 is 6.80. The van der Waals surface area contributed by atoms with Gasteiger partial charge in [-0.1, -0.05) is 42.7 Å². The smallest absolute Gasteiger partial charge is 0.259 e. The lowest BCUT2D eigenvalue weighted by atomic mass is 9.94. The van der Waals surface area contributed by atoms with Crippen molar-refractivity contribution in [1.29, 1.82) is 0 Å². The van der Waals surface area contributed by atoms with Crippen molar-refractivity contribution in [3.05, 3.63) is 59.8 Å². The molecule has 0 bridgehead atoms. The monoisotopic (exact) mass is 864 g/mol. The third kappa shape index (κ3) is 8.81. The molecule has 2 aliphatic carbocycles. The van der Waals surface area contributed by atoms with Gasteiger partial charge in [0.2, 0.25) is 27.7 Å². The molecule has 2 saturated carbocycles. The summed E-state index contributed by atoms with van der Waals surface area (Å²) in [5.41, 5.74) is -0.129. The second kappa shape index (κ2) is 17.3. The highest BCUT2D eigenvalue weighted by Gasteiger charge is 2.62. The molecule has 6 atom stereocenters. The van der Waals surface area contributed by atoms with Gasteiger partial charge in [-0.2, -0.15) is 0 Å². The molecule has 0 spiro atoms. The van der Waals surface area contributed by atoms with Crippen molar-refractivity contribution < 1.29 is 41.5 Å². The highest BCUT2D eigenvalue weighted by Crippen LogP contribution is 2.46. The van der Waals surface area contributed by atoms with E-state index in [4.69, 9.17) is 26.1 Å². The van der Waals surface area contributed by atoms with Gasteiger partial charge in [0, 0.05) is 48.9 Å². The maximum absolute atomic E-state index is 14.9. The van der Waals surface area contributed by atoms with Gasteiger partial charge in [-0.05, 0) is 75.6 Å². The van der Waals surface area contributed by atoms with Crippen LogP contribution in [0.15, 0.2) is 54.7 Å². The van der Waals surface area contributed by atoms with Crippen LogP contribution in [0.5, 0.6) is 11.5 Å². The van der Waals surface area contributed by atoms with Crippen molar-refractivity contribution in [3.8, 4) is 22.9 Å². The number of allylic oxidation sites excluding steroid dienone is 1. The summed E-state index contributed by atoms with van der Waals surface area (Å²) in [5, 5.41) is 3.06. The summed E-state index contributed by atoms with van der Waals surface area (Å²) in [6, 6.07) is 9.44. The number of carbonyl (C=O) groups is 4. The van der Waals surface area contributed by atoms with Crippen LogP contribution in [0.1, 0.15) is 77.0 Å². The molecule has 1 aromatic carbocycles. The molecule has 5 aliphatic rings. The third-order valence-electron chi connectivity index (χ3n) is 12.4. The highest BCUT2D eigenvalue weighted by atomic mass is 35.5. The van der Waals surface area contributed by atoms with Crippen LogP contribution in [-0.2, 0) is 29.2 Å². The van der Waals surface area contributed by atoms with Gasteiger partial charge in [0.1, 0.15) is 40.4 Å². The number of likely N-dealkylation sites (tertiary alicyclic amines) is 1. The molecule has 14 nitrogen and oxygen atoms in total. The van der Waals surface area contributed by atoms with Gasteiger partial charge in [0.05, 0.1) is 42.4 Å². The van der Waals surface area contributed by atoms with Crippen LogP contribution < -0.4 is 19.5 Å². The number of hydrogen-bond acceptors (Lipinski definition) is 10. The Morgan fingerprint density at radius 2 is 1.87 bits per heavy atom. The number of rotatable bonds is 9. The number of aromatic nitrogens is 2. The normalized spacial score (nSPS) is 27.6. The molecular weight excluding hydrogens is 815 g/mol. The number of amides is 4. The summed E-state index contributed by atoms with van der Waals surface area (Å²) in [5.74, 6) is -2.65. The van der Waals surface area contributed by atoms with E-state index < -0.39 is 68.7 Å². The summed E-state index contributed by atoms with van der Waals surface area (Å²) in [6.45, 7) is 0.354. The molecule has 8 rings (SSSR count). The van der Waals surface area contributed by atoms with E-state index in [1.807, 2.05) is 18.2 Å². The minimum absolute atomic E-state index is 0.0130. The molecule has 3 aliphatic heterocycles. The number of ether oxygens (including phenoxy) is 2. The minimum Gasteiger partial charge on any atom is -0.495 e. The van der Waals surface area contributed by atoms with Crippen LogP contribution >= 0.6 is 11.6 Å². The van der Waals surface area contributed by atoms with Crippen molar-refractivity contribution in [1.82, 2.24) is 29.8 Å². The van der Waals surface area contributed by atoms with Crippen molar-refractivity contribution in [3.63, 3.8) is 0 Å². The van der Waals surface area contributed by atoms with E-state index in [-0.39, 0.29) is 43.3 Å². The van der Waals surface area contributed by atoms with Crippen LogP contribution in [0.3, 0.4) is 0 Å².